The summed E-state index contributed by atoms with van der Waals surface area (Å²) < 4.78 is 10.5. The Kier molecular flexibility index (Phi) is 4.70. The van der Waals surface area contributed by atoms with Gasteiger partial charge in [0.25, 0.3) is 0 Å². The lowest BCUT2D eigenvalue weighted by Crippen LogP contribution is -2.16. The molecule has 0 aromatic heterocycles. The molecule has 0 unspecified atom stereocenters. The van der Waals surface area contributed by atoms with Crippen molar-refractivity contribution in [3.63, 3.8) is 0 Å². The first-order valence-corrected chi connectivity index (χ1v) is 5.10. The van der Waals surface area contributed by atoms with Crippen molar-refractivity contribution in [2.75, 3.05) is 33.5 Å². The molecular weight excluding hydrogens is 166 g/mol. The van der Waals surface area contributed by atoms with Gasteiger partial charge in [-0.1, -0.05) is 0 Å². The summed E-state index contributed by atoms with van der Waals surface area (Å²) in [6, 6.07) is 0. The zero-order valence-corrected chi connectivity index (χ0v) is 8.55. The van der Waals surface area contributed by atoms with E-state index in [0.29, 0.717) is 5.41 Å². The Morgan fingerprint density at radius 3 is 2.62 bits per heavy atom. The third-order valence-electron chi connectivity index (χ3n) is 2.68. The Bertz CT molecular complexity index is 135. The molecule has 0 heterocycles. The predicted molar refractivity (Wildman–Crippen MR) is 52.7 cm³/mol. The standard InChI is InChI=1S/C10H21NO2/c1-12-7-2-8-13-9-10(3-4-10)5-6-11/h2-9,11H2,1H3. The van der Waals surface area contributed by atoms with Crippen LogP contribution in [-0.4, -0.2) is 33.5 Å². The van der Waals surface area contributed by atoms with Crippen LogP contribution in [0.25, 0.3) is 0 Å². The lowest BCUT2D eigenvalue weighted by Gasteiger charge is -2.13. The smallest absolute Gasteiger partial charge is 0.0522 e. The molecule has 0 aromatic carbocycles. The molecule has 0 aliphatic heterocycles. The van der Waals surface area contributed by atoms with Crippen molar-refractivity contribution in [1.82, 2.24) is 0 Å². The quantitative estimate of drug-likeness (QED) is 0.580. The monoisotopic (exact) mass is 187 g/mol. The maximum absolute atomic E-state index is 5.58. The molecule has 1 fully saturated rings. The molecule has 0 spiro atoms. The van der Waals surface area contributed by atoms with E-state index in [2.05, 4.69) is 0 Å². The fourth-order valence-corrected chi connectivity index (χ4v) is 1.54. The molecule has 0 saturated heterocycles. The first-order valence-electron chi connectivity index (χ1n) is 5.10. The van der Waals surface area contributed by atoms with Gasteiger partial charge in [-0.15, -0.1) is 0 Å². The van der Waals surface area contributed by atoms with Crippen molar-refractivity contribution >= 4 is 0 Å². The van der Waals surface area contributed by atoms with E-state index >= 15 is 0 Å². The van der Waals surface area contributed by atoms with Crippen molar-refractivity contribution in [2.24, 2.45) is 11.1 Å². The van der Waals surface area contributed by atoms with E-state index in [0.717, 1.165) is 39.2 Å². The van der Waals surface area contributed by atoms with Crippen LogP contribution in [0.5, 0.6) is 0 Å². The molecule has 1 saturated carbocycles. The Balaban J connectivity index is 1.93. The van der Waals surface area contributed by atoms with E-state index in [1.54, 1.807) is 7.11 Å². The fourth-order valence-electron chi connectivity index (χ4n) is 1.54. The van der Waals surface area contributed by atoms with E-state index < -0.39 is 0 Å². The zero-order chi connectivity index (χ0) is 9.57. The second-order valence-corrected chi connectivity index (χ2v) is 3.94. The second-order valence-electron chi connectivity index (χ2n) is 3.94. The highest BCUT2D eigenvalue weighted by molar-refractivity contribution is 4.92. The van der Waals surface area contributed by atoms with E-state index in [1.165, 1.54) is 12.8 Å². The van der Waals surface area contributed by atoms with Crippen LogP contribution in [0.15, 0.2) is 0 Å². The van der Waals surface area contributed by atoms with Crippen LogP contribution in [-0.2, 0) is 9.47 Å². The predicted octanol–water partition coefficient (Wildman–Crippen LogP) is 1.17. The van der Waals surface area contributed by atoms with Crippen LogP contribution >= 0.6 is 0 Å². The number of methoxy groups -OCH3 is 1. The van der Waals surface area contributed by atoms with Gasteiger partial charge in [-0.2, -0.15) is 0 Å². The van der Waals surface area contributed by atoms with Crippen LogP contribution in [0.2, 0.25) is 0 Å². The van der Waals surface area contributed by atoms with E-state index in [4.69, 9.17) is 15.2 Å². The summed E-state index contributed by atoms with van der Waals surface area (Å²) >= 11 is 0. The summed E-state index contributed by atoms with van der Waals surface area (Å²) in [4.78, 5) is 0. The average Bonchev–Trinajstić information content (AvgIpc) is 2.86. The van der Waals surface area contributed by atoms with Gasteiger partial charge < -0.3 is 15.2 Å². The molecule has 0 aromatic rings. The first-order chi connectivity index (χ1) is 6.33. The molecule has 1 rings (SSSR count). The second kappa shape index (κ2) is 5.58. The molecule has 13 heavy (non-hydrogen) atoms. The van der Waals surface area contributed by atoms with E-state index in [1.807, 2.05) is 0 Å². The lowest BCUT2D eigenvalue weighted by atomic mass is 10.0. The molecule has 3 heteroatoms. The molecule has 0 atom stereocenters. The minimum absolute atomic E-state index is 0.460. The van der Waals surface area contributed by atoms with Gasteiger partial charge in [0.2, 0.25) is 0 Å². The van der Waals surface area contributed by atoms with Crippen molar-refractivity contribution in [2.45, 2.75) is 25.7 Å². The fraction of sp³-hybridized carbons (Fsp3) is 1.00. The van der Waals surface area contributed by atoms with Gasteiger partial charge in [-0.05, 0) is 37.6 Å². The van der Waals surface area contributed by atoms with Gasteiger partial charge in [0.15, 0.2) is 0 Å². The summed E-state index contributed by atoms with van der Waals surface area (Å²) in [7, 11) is 1.72. The molecule has 2 N–H and O–H groups in total. The van der Waals surface area contributed by atoms with E-state index in [9.17, 15) is 0 Å². The normalized spacial score (nSPS) is 18.9. The Morgan fingerprint density at radius 2 is 2.08 bits per heavy atom. The highest BCUT2D eigenvalue weighted by atomic mass is 16.5. The molecule has 0 bridgehead atoms. The van der Waals surface area contributed by atoms with Crippen molar-refractivity contribution < 1.29 is 9.47 Å². The Labute approximate surface area is 80.6 Å². The summed E-state index contributed by atoms with van der Waals surface area (Å²) in [6.45, 7) is 3.30. The van der Waals surface area contributed by atoms with Gasteiger partial charge in [-0.3, -0.25) is 0 Å². The largest absolute Gasteiger partial charge is 0.385 e. The van der Waals surface area contributed by atoms with Crippen LogP contribution < -0.4 is 5.73 Å². The van der Waals surface area contributed by atoms with Crippen LogP contribution in [0.4, 0.5) is 0 Å². The van der Waals surface area contributed by atoms with Gasteiger partial charge in [0.1, 0.15) is 0 Å². The molecule has 1 aliphatic carbocycles. The lowest BCUT2D eigenvalue weighted by molar-refractivity contribution is 0.0695. The Morgan fingerprint density at radius 1 is 1.31 bits per heavy atom. The Hall–Kier alpha value is -0.120. The number of ether oxygens (including phenoxy) is 2. The number of nitrogens with two attached hydrogens (primary N) is 1. The summed E-state index contributed by atoms with van der Waals surface area (Å²) in [5.41, 5.74) is 5.99. The molecule has 0 amide bonds. The minimum atomic E-state index is 0.460. The van der Waals surface area contributed by atoms with Crippen LogP contribution in [0.1, 0.15) is 25.7 Å². The SMILES string of the molecule is COCCCOCC1(CCN)CC1. The summed E-state index contributed by atoms with van der Waals surface area (Å²) in [6.07, 6.45) is 4.72. The van der Waals surface area contributed by atoms with Gasteiger partial charge in [0, 0.05) is 20.3 Å². The number of rotatable bonds is 8. The highest BCUT2D eigenvalue weighted by Crippen LogP contribution is 2.48. The van der Waals surface area contributed by atoms with E-state index in [-0.39, 0.29) is 0 Å². The average molecular weight is 187 g/mol. The van der Waals surface area contributed by atoms with Crippen LogP contribution in [0, 0.1) is 5.41 Å². The number of hydrogen-bond donors (Lipinski definition) is 1. The third kappa shape index (κ3) is 4.07. The van der Waals surface area contributed by atoms with Crippen LogP contribution in [0.3, 0.4) is 0 Å². The maximum Gasteiger partial charge on any atom is 0.0522 e. The van der Waals surface area contributed by atoms with Crippen molar-refractivity contribution in [3.8, 4) is 0 Å². The molecule has 1 aliphatic rings. The molecule has 78 valence electrons. The highest BCUT2D eigenvalue weighted by Gasteiger charge is 2.41. The van der Waals surface area contributed by atoms with Crippen molar-refractivity contribution in [3.05, 3.63) is 0 Å². The topological polar surface area (TPSA) is 44.5 Å². The minimum Gasteiger partial charge on any atom is -0.385 e. The maximum atomic E-state index is 5.58. The third-order valence-corrected chi connectivity index (χ3v) is 2.68. The zero-order valence-electron chi connectivity index (χ0n) is 8.55. The van der Waals surface area contributed by atoms with Gasteiger partial charge >= 0.3 is 0 Å². The first kappa shape index (κ1) is 11.0. The van der Waals surface area contributed by atoms with Gasteiger partial charge in [-0.25, -0.2) is 0 Å². The van der Waals surface area contributed by atoms with Crippen molar-refractivity contribution in [1.29, 1.82) is 0 Å². The number of hydrogen-bond acceptors (Lipinski definition) is 3. The molecule has 0 radical (unpaired) electrons. The summed E-state index contributed by atoms with van der Waals surface area (Å²) in [5, 5.41) is 0. The summed E-state index contributed by atoms with van der Waals surface area (Å²) in [5.74, 6) is 0. The van der Waals surface area contributed by atoms with Gasteiger partial charge in [0.05, 0.1) is 6.61 Å². The molecule has 3 nitrogen and oxygen atoms in total. The molecular formula is C10H21NO2.